The molecule has 0 fully saturated rings. The molecule has 0 saturated carbocycles. The summed E-state index contributed by atoms with van der Waals surface area (Å²) in [4.78, 5) is 26.2. The van der Waals surface area contributed by atoms with E-state index in [9.17, 15) is 23.1 Å². The average Bonchev–Trinajstić information content (AvgIpc) is 3.03. The number of hydrogen-bond acceptors (Lipinski definition) is 7. The van der Waals surface area contributed by atoms with Gasteiger partial charge in [0.15, 0.2) is 0 Å². The molecule has 0 heterocycles. The third kappa shape index (κ3) is 8.58. The number of aliphatic hydroxyl groups excluding tert-OH is 1. The smallest absolute Gasteiger partial charge is 0.406 e. The molecule has 2 amide bonds. The molecule has 0 saturated heterocycles. The summed E-state index contributed by atoms with van der Waals surface area (Å²) in [6, 6.07) is 23.9. The molecule has 3 rings (SSSR count). The van der Waals surface area contributed by atoms with Crippen LogP contribution in [-0.4, -0.2) is 69.2 Å². The Morgan fingerprint density at radius 2 is 1.48 bits per heavy atom. The van der Waals surface area contributed by atoms with E-state index >= 15 is 0 Å². The predicted molar refractivity (Wildman–Crippen MR) is 171 cm³/mol. The quantitative estimate of drug-likeness (QED) is 0.139. The van der Waals surface area contributed by atoms with Crippen LogP contribution in [-0.2, 0) is 25.0 Å². The van der Waals surface area contributed by atoms with E-state index in [0.717, 1.165) is 0 Å². The number of unbranched alkanes of at least 4 members (excludes halogenated alkanes) is 1. The number of rotatable bonds is 16. The average molecular weight is 625 g/mol. The van der Waals surface area contributed by atoms with E-state index in [-0.39, 0.29) is 36.4 Å². The summed E-state index contributed by atoms with van der Waals surface area (Å²) in [5, 5.41) is 16.0. The number of ether oxygens (including phenoxy) is 1. The van der Waals surface area contributed by atoms with Crippen LogP contribution >= 0.6 is 0 Å². The fraction of sp³-hybridized carbons (Fsp3) is 0.394. The molecule has 0 spiro atoms. The van der Waals surface area contributed by atoms with Gasteiger partial charge in [0.1, 0.15) is 5.41 Å². The number of nitrogens with two attached hydrogens (primary N) is 1. The van der Waals surface area contributed by atoms with E-state index in [2.05, 4.69) is 10.6 Å². The van der Waals surface area contributed by atoms with Crippen LogP contribution in [0, 0.1) is 5.92 Å². The lowest BCUT2D eigenvalue weighted by Crippen LogP contribution is -2.52. The van der Waals surface area contributed by atoms with Gasteiger partial charge in [-0.05, 0) is 54.2 Å². The molecule has 0 aliphatic heterocycles. The van der Waals surface area contributed by atoms with Crippen molar-refractivity contribution in [3.63, 3.8) is 0 Å². The second-order valence-electron chi connectivity index (χ2n) is 11.1. The van der Waals surface area contributed by atoms with Crippen LogP contribution in [0.15, 0.2) is 89.8 Å². The van der Waals surface area contributed by atoms with Crippen LogP contribution in [0.2, 0.25) is 0 Å². The molecule has 3 aromatic rings. The minimum Gasteiger partial charge on any atom is -0.453 e. The topological polar surface area (TPSA) is 151 Å². The van der Waals surface area contributed by atoms with E-state index in [1.165, 1.54) is 23.5 Å². The van der Waals surface area contributed by atoms with Crippen molar-refractivity contribution in [2.24, 2.45) is 5.92 Å². The van der Waals surface area contributed by atoms with Crippen LogP contribution in [0.3, 0.4) is 0 Å². The van der Waals surface area contributed by atoms with Crippen molar-refractivity contribution in [2.75, 3.05) is 39.1 Å². The van der Waals surface area contributed by atoms with Gasteiger partial charge in [0, 0.05) is 31.4 Å². The predicted octanol–water partition coefficient (Wildman–Crippen LogP) is 3.91. The van der Waals surface area contributed by atoms with Crippen LogP contribution in [0.1, 0.15) is 44.2 Å². The summed E-state index contributed by atoms with van der Waals surface area (Å²) < 4.78 is 33.3. The Labute approximate surface area is 260 Å². The van der Waals surface area contributed by atoms with Crippen molar-refractivity contribution >= 4 is 27.7 Å². The number of amides is 2. The van der Waals surface area contributed by atoms with Crippen molar-refractivity contribution < 1.29 is 27.9 Å². The van der Waals surface area contributed by atoms with E-state index in [0.29, 0.717) is 42.6 Å². The van der Waals surface area contributed by atoms with Gasteiger partial charge in [0.25, 0.3) is 0 Å². The molecule has 1 atom stereocenters. The number of hydrogen-bond donors (Lipinski definition) is 4. The number of nitrogens with one attached hydrogen (secondary N) is 2. The van der Waals surface area contributed by atoms with Crippen LogP contribution < -0.4 is 16.4 Å². The summed E-state index contributed by atoms with van der Waals surface area (Å²) in [6.45, 7) is 4.05. The van der Waals surface area contributed by atoms with E-state index in [1.54, 1.807) is 12.1 Å². The lowest BCUT2D eigenvalue weighted by molar-refractivity contribution is -0.125. The zero-order chi connectivity index (χ0) is 32.2. The van der Waals surface area contributed by atoms with Crippen molar-refractivity contribution in [3.8, 4) is 0 Å². The zero-order valence-electron chi connectivity index (χ0n) is 25.6. The Morgan fingerprint density at radius 3 is 1.98 bits per heavy atom. The van der Waals surface area contributed by atoms with Crippen molar-refractivity contribution in [3.05, 3.63) is 96.1 Å². The number of benzene rings is 3. The minimum atomic E-state index is -3.87. The highest BCUT2D eigenvalue weighted by molar-refractivity contribution is 7.89. The van der Waals surface area contributed by atoms with E-state index in [1.807, 2.05) is 74.5 Å². The molecule has 1 unspecified atom stereocenters. The largest absolute Gasteiger partial charge is 0.453 e. The monoisotopic (exact) mass is 624 g/mol. The van der Waals surface area contributed by atoms with Gasteiger partial charge in [0.2, 0.25) is 15.9 Å². The molecule has 0 aromatic heterocycles. The van der Waals surface area contributed by atoms with E-state index in [4.69, 9.17) is 10.5 Å². The maximum Gasteiger partial charge on any atom is 0.406 e. The number of carbonyl (C=O) groups excluding carboxylic acids is 2. The molecule has 3 aromatic carbocycles. The number of methoxy groups -OCH3 is 1. The molecule has 5 N–H and O–H groups in total. The van der Waals surface area contributed by atoms with Crippen LogP contribution in [0.4, 0.5) is 10.5 Å². The minimum absolute atomic E-state index is 0.0285. The van der Waals surface area contributed by atoms with Gasteiger partial charge < -0.3 is 26.2 Å². The fourth-order valence-corrected chi connectivity index (χ4v) is 7.01. The molecular formula is C33H44N4O6S. The fourth-order valence-electron chi connectivity index (χ4n) is 5.20. The van der Waals surface area contributed by atoms with Crippen molar-refractivity contribution in [1.82, 2.24) is 14.9 Å². The van der Waals surface area contributed by atoms with E-state index < -0.39 is 27.6 Å². The van der Waals surface area contributed by atoms with Crippen LogP contribution in [0.25, 0.3) is 0 Å². The molecule has 10 nitrogen and oxygen atoms in total. The lowest BCUT2D eigenvalue weighted by atomic mass is 9.73. The first-order valence-electron chi connectivity index (χ1n) is 14.8. The third-order valence-electron chi connectivity index (χ3n) is 7.50. The van der Waals surface area contributed by atoms with Crippen LogP contribution in [0.5, 0.6) is 0 Å². The molecular weight excluding hydrogens is 580 g/mol. The molecule has 0 radical (unpaired) electrons. The second-order valence-corrected chi connectivity index (χ2v) is 13.0. The number of nitrogen functional groups attached to an aromatic ring is 1. The first kappa shape index (κ1) is 34.6. The van der Waals surface area contributed by atoms with Gasteiger partial charge in [-0.25, -0.2) is 13.2 Å². The highest BCUT2D eigenvalue weighted by atomic mass is 32.2. The highest BCUT2D eigenvalue weighted by Crippen LogP contribution is 2.33. The Balaban J connectivity index is 1.75. The molecule has 44 heavy (non-hydrogen) atoms. The normalized spacial score (nSPS) is 12.6. The molecule has 0 aliphatic rings. The molecule has 0 bridgehead atoms. The van der Waals surface area contributed by atoms with Gasteiger partial charge in [-0.15, -0.1) is 0 Å². The Hall–Kier alpha value is -3.93. The van der Waals surface area contributed by atoms with Gasteiger partial charge >= 0.3 is 6.09 Å². The third-order valence-corrected chi connectivity index (χ3v) is 9.44. The number of alkyl carbamates (subject to hydrolysis) is 1. The number of aliphatic hydroxyl groups is 1. The first-order chi connectivity index (χ1) is 21.1. The van der Waals surface area contributed by atoms with Gasteiger partial charge in [0.05, 0.1) is 18.6 Å². The SMILES string of the molecule is COC(=O)NCC(C(=O)NCCCCC(CO)N(CC(C)C)S(=O)(=O)c1ccc(N)cc1)(c1ccccc1)c1ccccc1. The summed E-state index contributed by atoms with van der Waals surface area (Å²) in [5.74, 6) is -0.257. The molecule has 0 aliphatic carbocycles. The highest BCUT2D eigenvalue weighted by Gasteiger charge is 2.42. The zero-order valence-corrected chi connectivity index (χ0v) is 26.4. The summed E-state index contributed by atoms with van der Waals surface area (Å²) in [7, 11) is -2.60. The molecule has 238 valence electrons. The van der Waals surface area contributed by atoms with Crippen molar-refractivity contribution in [1.29, 1.82) is 0 Å². The van der Waals surface area contributed by atoms with Crippen molar-refractivity contribution in [2.45, 2.75) is 49.5 Å². The Morgan fingerprint density at radius 1 is 0.909 bits per heavy atom. The number of nitrogens with zero attached hydrogens (tertiary/aromatic N) is 1. The molecule has 11 heteroatoms. The summed E-state index contributed by atoms with van der Waals surface area (Å²) >= 11 is 0. The maximum absolute atomic E-state index is 14.0. The summed E-state index contributed by atoms with van der Waals surface area (Å²) in [6.07, 6.45) is 0.856. The summed E-state index contributed by atoms with van der Waals surface area (Å²) in [5.41, 5.74) is 6.40. The number of carbonyl (C=O) groups is 2. The maximum atomic E-state index is 14.0. The Kier molecular flexibility index (Phi) is 12.7. The second kappa shape index (κ2) is 16.2. The number of anilines is 1. The number of sulfonamides is 1. The lowest BCUT2D eigenvalue weighted by Gasteiger charge is -2.34. The first-order valence-corrected chi connectivity index (χ1v) is 16.2. The van der Waals surface area contributed by atoms with Gasteiger partial charge in [-0.2, -0.15) is 4.31 Å². The van der Waals surface area contributed by atoms with Gasteiger partial charge in [-0.3, -0.25) is 4.79 Å². The Bertz CT molecular complexity index is 1390. The van der Waals surface area contributed by atoms with Gasteiger partial charge in [-0.1, -0.05) is 80.9 Å². The standard InChI is InChI=1S/C33H44N4O6S/c1-25(2)22-37(44(41,42)30-19-17-28(34)18-20-30)29(23-38)16-10-11-21-35-31(39)33(24-36-32(40)43-3,26-12-6-4-7-13-26)27-14-8-5-9-15-27/h4-9,12-15,17-20,25,29,38H,10-11,16,21-24,34H2,1-3H3,(H,35,39)(H,36,40).